The van der Waals surface area contributed by atoms with Gasteiger partial charge in [0.15, 0.2) is 6.20 Å². The molecule has 1 aromatic rings. The number of hydrogen-bond donors (Lipinski definition) is 2. The van der Waals surface area contributed by atoms with Crippen molar-refractivity contribution in [2.24, 2.45) is 0 Å². The van der Waals surface area contributed by atoms with E-state index >= 15 is 0 Å². The number of hydrogen-bond acceptors (Lipinski definition) is 6. The molecule has 0 spiro atoms. The largest absolute Gasteiger partial charge is 0.363 e. The highest BCUT2D eigenvalue weighted by molar-refractivity contribution is 5.85. The van der Waals surface area contributed by atoms with Crippen LogP contribution < -0.4 is 15.5 Å². The summed E-state index contributed by atoms with van der Waals surface area (Å²) in [7, 11) is 1.59. The smallest absolute Gasteiger partial charge is 0.358 e. The van der Waals surface area contributed by atoms with Gasteiger partial charge in [0, 0.05) is 32.7 Å². The quantitative estimate of drug-likeness (QED) is 0.565. The molecule has 2 heterocycles. The number of amides is 1. The zero-order valence-corrected chi connectivity index (χ0v) is 10.5. The summed E-state index contributed by atoms with van der Waals surface area (Å²) in [4.78, 5) is 27.5. The Bertz CT molecular complexity index is 476. The predicted octanol–water partition coefficient (Wildman–Crippen LogP) is -0.486. The molecular weight excluding hydrogens is 250 g/mol. The number of carbonyl (C=O) groups excluding carboxylic acids is 1. The van der Waals surface area contributed by atoms with Gasteiger partial charge < -0.3 is 25.6 Å². The molecule has 0 radical (unpaired) electrons. The second-order valence-corrected chi connectivity index (χ2v) is 4.16. The number of nitrogens with one attached hydrogen (secondary N) is 2. The summed E-state index contributed by atoms with van der Waals surface area (Å²) >= 11 is 0. The monoisotopic (exact) mass is 265 g/mol. The van der Waals surface area contributed by atoms with Crippen LogP contribution in [0.15, 0.2) is 18.3 Å². The van der Waals surface area contributed by atoms with Crippen molar-refractivity contribution >= 4 is 17.4 Å². The summed E-state index contributed by atoms with van der Waals surface area (Å²) in [5.74, 6) is -0.291. The van der Waals surface area contributed by atoms with Gasteiger partial charge >= 0.3 is 5.82 Å². The molecule has 0 aromatic carbocycles. The van der Waals surface area contributed by atoms with Gasteiger partial charge in [0.05, 0.1) is 5.69 Å². The fraction of sp³-hybridized carbons (Fsp3) is 0.455. The van der Waals surface area contributed by atoms with Gasteiger partial charge in [-0.2, -0.15) is 0 Å². The summed E-state index contributed by atoms with van der Waals surface area (Å²) < 4.78 is 0. The van der Waals surface area contributed by atoms with Crippen molar-refractivity contribution < 1.29 is 9.72 Å². The van der Waals surface area contributed by atoms with Crippen LogP contribution in [0.2, 0.25) is 0 Å². The Balaban J connectivity index is 2.22. The third-order valence-electron chi connectivity index (χ3n) is 3.04. The van der Waals surface area contributed by atoms with Gasteiger partial charge in [-0.25, -0.2) is 0 Å². The standard InChI is InChI=1S/C11H15N5O3/c1-12-11(17)9-7-13-4-5-15(9)8-2-3-10(14-6-8)16(18)19/h2-3,6,9,13H,4-5,7H2,1H3,(H,12,17). The maximum absolute atomic E-state index is 11.8. The first kappa shape index (κ1) is 13.2. The van der Waals surface area contributed by atoms with Crippen LogP contribution in [0.25, 0.3) is 0 Å². The molecule has 102 valence electrons. The Morgan fingerprint density at radius 2 is 2.42 bits per heavy atom. The van der Waals surface area contributed by atoms with E-state index in [1.54, 1.807) is 13.1 Å². The first-order chi connectivity index (χ1) is 9.13. The third kappa shape index (κ3) is 2.79. The Labute approximate surface area is 110 Å². The van der Waals surface area contributed by atoms with Crippen LogP contribution in [-0.2, 0) is 4.79 Å². The third-order valence-corrected chi connectivity index (χ3v) is 3.04. The highest BCUT2D eigenvalue weighted by Gasteiger charge is 2.29. The second-order valence-electron chi connectivity index (χ2n) is 4.16. The van der Waals surface area contributed by atoms with Crippen molar-refractivity contribution in [3.8, 4) is 0 Å². The maximum atomic E-state index is 11.8. The minimum absolute atomic E-state index is 0.0921. The molecule has 1 amide bonds. The molecule has 1 unspecified atom stereocenters. The molecule has 1 aromatic heterocycles. The molecule has 1 fully saturated rings. The predicted molar refractivity (Wildman–Crippen MR) is 69.0 cm³/mol. The van der Waals surface area contributed by atoms with Gasteiger partial charge in [0.1, 0.15) is 6.04 Å². The Hall–Kier alpha value is -2.22. The molecule has 0 saturated carbocycles. The molecule has 1 atom stereocenters. The lowest BCUT2D eigenvalue weighted by Gasteiger charge is -2.35. The van der Waals surface area contributed by atoms with E-state index in [-0.39, 0.29) is 17.8 Å². The summed E-state index contributed by atoms with van der Waals surface area (Å²) in [5.41, 5.74) is 0.709. The van der Waals surface area contributed by atoms with Crippen LogP contribution in [0.5, 0.6) is 0 Å². The molecule has 0 bridgehead atoms. The van der Waals surface area contributed by atoms with Gasteiger partial charge in [0.2, 0.25) is 5.91 Å². The molecule has 0 aliphatic carbocycles. The van der Waals surface area contributed by atoms with Crippen molar-refractivity contribution in [2.75, 3.05) is 31.6 Å². The summed E-state index contributed by atoms with van der Waals surface area (Å²) in [5, 5.41) is 16.3. The van der Waals surface area contributed by atoms with Crippen molar-refractivity contribution in [3.63, 3.8) is 0 Å². The molecular formula is C11H15N5O3. The van der Waals surface area contributed by atoms with Crippen LogP contribution in [0.3, 0.4) is 0 Å². The summed E-state index contributed by atoms with van der Waals surface area (Å²) in [6.07, 6.45) is 1.43. The average Bonchev–Trinajstić information content (AvgIpc) is 2.46. The zero-order chi connectivity index (χ0) is 13.8. The van der Waals surface area contributed by atoms with Crippen LogP contribution in [0.4, 0.5) is 11.5 Å². The lowest BCUT2D eigenvalue weighted by molar-refractivity contribution is -0.389. The van der Waals surface area contributed by atoms with Crippen molar-refractivity contribution in [1.82, 2.24) is 15.6 Å². The molecule has 2 rings (SSSR count). The van der Waals surface area contributed by atoms with E-state index in [2.05, 4.69) is 15.6 Å². The van der Waals surface area contributed by atoms with Crippen molar-refractivity contribution in [3.05, 3.63) is 28.4 Å². The molecule has 1 aliphatic rings. The number of piperazine rings is 1. The number of carbonyl (C=O) groups is 1. The maximum Gasteiger partial charge on any atom is 0.363 e. The lowest BCUT2D eigenvalue weighted by Crippen LogP contribution is -2.57. The van der Waals surface area contributed by atoms with Crippen LogP contribution in [0, 0.1) is 10.1 Å². The zero-order valence-electron chi connectivity index (χ0n) is 10.5. The summed E-state index contributed by atoms with van der Waals surface area (Å²) in [6, 6.07) is 2.63. The van der Waals surface area contributed by atoms with E-state index in [1.165, 1.54) is 12.3 Å². The lowest BCUT2D eigenvalue weighted by atomic mass is 10.1. The molecule has 8 heteroatoms. The Kier molecular flexibility index (Phi) is 3.91. The van der Waals surface area contributed by atoms with Gasteiger partial charge in [0.25, 0.3) is 0 Å². The van der Waals surface area contributed by atoms with Gasteiger partial charge in [-0.05, 0) is 16.0 Å². The minimum Gasteiger partial charge on any atom is -0.358 e. The van der Waals surface area contributed by atoms with E-state index in [0.29, 0.717) is 18.8 Å². The molecule has 19 heavy (non-hydrogen) atoms. The highest BCUT2D eigenvalue weighted by Crippen LogP contribution is 2.19. The van der Waals surface area contributed by atoms with E-state index in [9.17, 15) is 14.9 Å². The Morgan fingerprint density at radius 1 is 1.63 bits per heavy atom. The van der Waals surface area contributed by atoms with Crippen molar-refractivity contribution in [2.45, 2.75) is 6.04 Å². The SMILES string of the molecule is CNC(=O)C1CNCCN1c1ccc([N+](=O)[O-])nc1. The number of anilines is 1. The minimum atomic E-state index is -0.544. The van der Waals surface area contributed by atoms with E-state index in [1.807, 2.05) is 4.90 Å². The first-order valence-electron chi connectivity index (χ1n) is 5.93. The molecule has 2 N–H and O–H groups in total. The molecule has 8 nitrogen and oxygen atoms in total. The van der Waals surface area contributed by atoms with Gasteiger partial charge in [-0.1, -0.05) is 0 Å². The molecule has 1 aliphatic heterocycles. The molecule has 1 saturated heterocycles. The first-order valence-corrected chi connectivity index (χ1v) is 5.93. The number of nitrogens with zero attached hydrogens (tertiary/aromatic N) is 3. The topological polar surface area (TPSA) is 100 Å². The van der Waals surface area contributed by atoms with E-state index in [4.69, 9.17) is 0 Å². The van der Waals surface area contributed by atoms with Crippen LogP contribution >= 0.6 is 0 Å². The second kappa shape index (κ2) is 5.61. The normalized spacial score (nSPS) is 19.0. The highest BCUT2D eigenvalue weighted by atomic mass is 16.6. The number of aromatic nitrogens is 1. The number of nitro groups is 1. The summed E-state index contributed by atoms with van der Waals surface area (Å²) in [6.45, 7) is 1.94. The fourth-order valence-corrected chi connectivity index (χ4v) is 2.07. The van der Waals surface area contributed by atoms with E-state index in [0.717, 1.165) is 6.54 Å². The number of rotatable bonds is 3. The van der Waals surface area contributed by atoms with Gasteiger partial charge in [-0.3, -0.25) is 4.79 Å². The van der Waals surface area contributed by atoms with Crippen LogP contribution in [0.1, 0.15) is 0 Å². The van der Waals surface area contributed by atoms with Crippen LogP contribution in [-0.4, -0.2) is 48.5 Å². The average molecular weight is 265 g/mol. The Morgan fingerprint density at radius 3 is 3.00 bits per heavy atom. The van der Waals surface area contributed by atoms with Gasteiger partial charge in [-0.15, -0.1) is 0 Å². The van der Waals surface area contributed by atoms with Crippen molar-refractivity contribution in [1.29, 1.82) is 0 Å². The van der Waals surface area contributed by atoms with E-state index < -0.39 is 4.92 Å². The number of pyridine rings is 1. The number of likely N-dealkylation sites (N-methyl/N-ethyl adjacent to an activating group) is 1. The fourth-order valence-electron chi connectivity index (χ4n) is 2.07.